The van der Waals surface area contributed by atoms with Crippen LogP contribution in [-0.2, 0) is 0 Å². The molecule has 0 aliphatic carbocycles. The summed E-state index contributed by atoms with van der Waals surface area (Å²) in [5, 5.41) is 9.51. The van der Waals surface area contributed by atoms with Crippen molar-refractivity contribution in [2.24, 2.45) is 0 Å². The molecule has 2 heterocycles. The van der Waals surface area contributed by atoms with Crippen LogP contribution in [0.4, 0.5) is 5.82 Å². The minimum Gasteiger partial charge on any atom is -0.444 e. The van der Waals surface area contributed by atoms with Gasteiger partial charge in [0.1, 0.15) is 0 Å². The Morgan fingerprint density at radius 3 is 2.82 bits per heavy atom. The van der Waals surface area contributed by atoms with Crippen molar-refractivity contribution in [2.75, 3.05) is 5.32 Å². The van der Waals surface area contributed by atoms with E-state index >= 15 is 0 Å². The van der Waals surface area contributed by atoms with Crippen LogP contribution in [0, 0.1) is 0 Å². The van der Waals surface area contributed by atoms with Gasteiger partial charge < -0.3 is 9.73 Å². The number of amides is 1. The third kappa shape index (κ3) is 2.76. The van der Waals surface area contributed by atoms with E-state index in [2.05, 4.69) is 31.4 Å². The van der Waals surface area contributed by atoms with Crippen LogP contribution >= 0.6 is 15.9 Å². The van der Waals surface area contributed by atoms with Crippen molar-refractivity contribution in [3.05, 3.63) is 34.3 Å². The van der Waals surface area contributed by atoms with Gasteiger partial charge >= 0.3 is 0 Å². The van der Waals surface area contributed by atoms with Crippen LogP contribution < -0.4 is 5.32 Å². The first-order valence-corrected chi connectivity index (χ1v) is 5.97. The number of halogens is 1. The first kappa shape index (κ1) is 11.9. The zero-order valence-corrected chi connectivity index (χ0v) is 11.0. The second kappa shape index (κ2) is 4.75. The maximum absolute atomic E-state index is 11.7. The molecule has 0 fully saturated rings. The SMILES string of the molecule is CC(C)c1cc(NC(=O)c2ccc(Br)o2)n[nH]1. The number of hydrogen-bond acceptors (Lipinski definition) is 3. The van der Waals surface area contributed by atoms with E-state index in [4.69, 9.17) is 4.42 Å². The van der Waals surface area contributed by atoms with Crippen molar-refractivity contribution in [2.45, 2.75) is 19.8 Å². The predicted octanol–water partition coefficient (Wildman–Crippen LogP) is 3.14. The fourth-order valence-electron chi connectivity index (χ4n) is 1.31. The molecule has 2 aromatic rings. The molecule has 0 saturated carbocycles. The Hall–Kier alpha value is -1.56. The van der Waals surface area contributed by atoms with Crippen LogP contribution in [0.3, 0.4) is 0 Å². The predicted molar refractivity (Wildman–Crippen MR) is 67.0 cm³/mol. The second-order valence-electron chi connectivity index (χ2n) is 3.92. The molecule has 0 bridgehead atoms. The zero-order chi connectivity index (χ0) is 12.4. The van der Waals surface area contributed by atoms with Crippen molar-refractivity contribution in [3.63, 3.8) is 0 Å². The number of hydrogen-bond donors (Lipinski definition) is 2. The van der Waals surface area contributed by atoms with Gasteiger partial charge in [-0.05, 0) is 34.0 Å². The van der Waals surface area contributed by atoms with E-state index in [-0.39, 0.29) is 11.7 Å². The Bertz CT molecular complexity index is 530. The van der Waals surface area contributed by atoms with Gasteiger partial charge in [0.05, 0.1) is 0 Å². The maximum Gasteiger partial charge on any atom is 0.292 e. The summed E-state index contributed by atoms with van der Waals surface area (Å²) in [5.74, 6) is 0.751. The second-order valence-corrected chi connectivity index (χ2v) is 4.70. The average Bonchev–Trinajstić information content (AvgIpc) is 2.86. The molecule has 90 valence electrons. The molecule has 2 aromatic heterocycles. The van der Waals surface area contributed by atoms with Crippen LogP contribution in [0.2, 0.25) is 0 Å². The van der Waals surface area contributed by atoms with Crippen molar-refractivity contribution in [1.82, 2.24) is 10.2 Å². The van der Waals surface area contributed by atoms with Gasteiger partial charge in [-0.1, -0.05) is 13.8 Å². The zero-order valence-electron chi connectivity index (χ0n) is 9.45. The van der Waals surface area contributed by atoms with Crippen LogP contribution in [0.15, 0.2) is 27.3 Å². The van der Waals surface area contributed by atoms with Crippen molar-refractivity contribution >= 4 is 27.7 Å². The molecular formula is C11H12BrN3O2. The van der Waals surface area contributed by atoms with E-state index in [0.29, 0.717) is 16.4 Å². The van der Waals surface area contributed by atoms with Gasteiger partial charge in [0, 0.05) is 11.8 Å². The van der Waals surface area contributed by atoms with Gasteiger partial charge in [0.25, 0.3) is 5.91 Å². The topological polar surface area (TPSA) is 70.9 Å². The molecule has 0 atom stereocenters. The lowest BCUT2D eigenvalue weighted by molar-refractivity contribution is 0.0995. The number of aromatic amines is 1. The number of carbonyl (C=O) groups is 1. The first-order chi connectivity index (χ1) is 8.06. The minimum atomic E-state index is -0.322. The summed E-state index contributed by atoms with van der Waals surface area (Å²) in [6, 6.07) is 5.06. The van der Waals surface area contributed by atoms with E-state index in [1.54, 1.807) is 18.2 Å². The normalized spacial score (nSPS) is 10.8. The van der Waals surface area contributed by atoms with Gasteiger partial charge in [0.2, 0.25) is 0 Å². The van der Waals surface area contributed by atoms with Crippen molar-refractivity contribution in [3.8, 4) is 0 Å². The van der Waals surface area contributed by atoms with Gasteiger partial charge in [-0.3, -0.25) is 9.89 Å². The molecule has 2 N–H and O–H groups in total. The standard InChI is InChI=1S/C11H12BrN3O2/c1-6(2)7-5-10(15-14-7)13-11(16)8-3-4-9(12)17-8/h3-6H,1-2H3,(H2,13,14,15,16). The first-order valence-electron chi connectivity index (χ1n) is 5.18. The van der Waals surface area contributed by atoms with Gasteiger partial charge in [0.15, 0.2) is 16.2 Å². The van der Waals surface area contributed by atoms with E-state index in [1.165, 1.54) is 0 Å². The number of H-pyrrole nitrogens is 1. The number of furan rings is 1. The molecular weight excluding hydrogens is 286 g/mol. The van der Waals surface area contributed by atoms with E-state index < -0.39 is 0 Å². The molecule has 17 heavy (non-hydrogen) atoms. The number of nitrogens with one attached hydrogen (secondary N) is 2. The Balaban J connectivity index is 2.07. The largest absolute Gasteiger partial charge is 0.444 e. The monoisotopic (exact) mass is 297 g/mol. The number of aromatic nitrogens is 2. The van der Waals surface area contributed by atoms with E-state index in [9.17, 15) is 4.79 Å². The van der Waals surface area contributed by atoms with E-state index in [1.807, 2.05) is 13.8 Å². The highest BCUT2D eigenvalue weighted by Crippen LogP contribution is 2.17. The number of rotatable bonds is 3. The molecule has 2 rings (SSSR count). The Morgan fingerprint density at radius 2 is 2.29 bits per heavy atom. The Labute approximate surface area is 107 Å². The summed E-state index contributed by atoms with van der Waals surface area (Å²) in [6.45, 7) is 4.09. The fourth-order valence-corrected chi connectivity index (χ4v) is 1.62. The summed E-state index contributed by atoms with van der Waals surface area (Å²) >= 11 is 3.14. The van der Waals surface area contributed by atoms with Crippen LogP contribution in [-0.4, -0.2) is 16.1 Å². The van der Waals surface area contributed by atoms with Crippen molar-refractivity contribution in [1.29, 1.82) is 0 Å². The van der Waals surface area contributed by atoms with Crippen molar-refractivity contribution < 1.29 is 9.21 Å². The summed E-state index contributed by atoms with van der Waals surface area (Å²) < 4.78 is 5.66. The van der Waals surface area contributed by atoms with Crippen LogP contribution in [0.1, 0.15) is 36.0 Å². The third-order valence-electron chi connectivity index (χ3n) is 2.26. The Morgan fingerprint density at radius 1 is 1.53 bits per heavy atom. The molecule has 0 unspecified atom stereocenters. The summed E-state index contributed by atoms with van der Waals surface area (Å²) in [7, 11) is 0. The number of anilines is 1. The molecule has 6 heteroatoms. The smallest absolute Gasteiger partial charge is 0.292 e. The highest BCUT2D eigenvalue weighted by Gasteiger charge is 2.12. The quantitative estimate of drug-likeness (QED) is 0.914. The highest BCUT2D eigenvalue weighted by atomic mass is 79.9. The summed E-state index contributed by atoms with van der Waals surface area (Å²) in [6.07, 6.45) is 0. The lowest BCUT2D eigenvalue weighted by Crippen LogP contribution is -2.10. The minimum absolute atomic E-state index is 0.242. The number of carbonyl (C=O) groups excluding carboxylic acids is 1. The van der Waals surface area contributed by atoms with E-state index in [0.717, 1.165) is 5.69 Å². The molecule has 0 aromatic carbocycles. The highest BCUT2D eigenvalue weighted by molar-refractivity contribution is 9.10. The fraction of sp³-hybridized carbons (Fsp3) is 0.273. The molecule has 5 nitrogen and oxygen atoms in total. The van der Waals surface area contributed by atoms with Crippen LogP contribution in [0.25, 0.3) is 0 Å². The molecule has 0 saturated heterocycles. The lowest BCUT2D eigenvalue weighted by Gasteiger charge is -1.98. The summed E-state index contributed by atoms with van der Waals surface area (Å²) in [5.41, 5.74) is 0.973. The maximum atomic E-state index is 11.7. The number of nitrogens with zero attached hydrogens (tertiary/aromatic N) is 1. The third-order valence-corrected chi connectivity index (χ3v) is 2.68. The lowest BCUT2D eigenvalue weighted by atomic mass is 10.1. The van der Waals surface area contributed by atoms with Gasteiger partial charge in [-0.25, -0.2) is 0 Å². The molecule has 1 amide bonds. The van der Waals surface area contributed by atoms with Gasteiger partial charge in [-0.2, -0.15) is 5.10 Å². The molecule has 0 aliphatic heterocycles. The molecule has 0 aliphatic rings. The average molecular weight is 298 g/mol. The van der Waals surface area contributed by atoms with Gasteiger partial charge in [-0.15, -0.1) is 0 Å². The summed E-state index contributed by atoms with van der Waals surface area (Å²) in [4.78, 5) is 11.7. The van der Waals surface area contributed by atoms with Crippen LogP contribution in [0.5, 0.6) is 0 Å². The Kier molecular flexibility index (Phi) is 3.33. The molecule has 0 spiro atoms. The molecule has 0 radical (unpaired) electrons.